The summed E-state index contributed by atoms with van der Waals surface area (Å²) in [6.45, 7) is 2.10. The molecule has 0 spiro atoms. The van der Waals surface area contributed by atoms with Gasteiger partial charge in [-0.2, -0.15) is 0 Å². The van der Waals surface area contributed by atoms with Crippen molar-refractivity contribution in [1.82, 2.24) is 9.55 Å². The van der Waals surface area contributed by atoms with E-state index in [0.29, 0.717) is 0 Å². The van der Waals surface area contributed by atoms with Gasteiger partial charge in [-0.3, -0.25) is 4.57 Å². The van der Waals surface area contributed by atoms with Crippen molar-refractivity contribution in [3.05, 3.63) is 188 Å². The number of benzene rings is 9. The molecule has 0 fully saturated rings. The molecule has 0 saturated carbocycles. The van der Waals surface area contributed by atoms with E-state index in [1.165, 1.54) is 65.7 Å². The van der Waals surface area contributed by atoms with Crippen LogP contribution in [0, 0.1) is 6.92 Å². The van der Waals surface area contributed by atoms with E-state index >= 15 is 0 Å². The van der Waals surface area contributed by atoms with E-state index in [0.717, 1.165) is 39.6 Å². The third-order valence-corrected chi connectivity index (χ3v) is 11.0. The number of hydrogen-bond acceptors (Lipinski definition) is 2. The molecule has 2 heterocycles. The molecule has 0 unspecified atom stereocenters. The third kappa shape index (κ3) is 4.44. The van der Waals surface area contributed by atoms with Crippen molar-refractivity contribution in [1.29, 1.82) is 0 Å². The molecule has 1 aliphatic heterocycles. The van der Waals surface area contributed by atoms with Crippen LogP contribution in [0.1, 0.15) is 5.82 Å². The van der Waals surface area contributed by atoms with Crippen LogP contribution in [-0.2, 0) is 0 Å². The van der Waals surface area contributed by atoms with Crippen LogP contribution in [0.15, 0.2) is 182 Å². The average molecular weight is 676 g/mol. The Morgan fingerprint density at radius 2 is 1.06 bits per heavy atom. The summed E-state index contributed by atoms with van der Waals surface area (Å²) >= 11 is 0. The van der Waals surface area contributed by atoms with Gasteiger partial charge in [0.15, 0.2) is 0 Å². The van der Waals surface area contributed by atoms with Crippen molar-refractivity contribution in [2.45, 2.75) is 6.92 Å². The van der Waals surface area contributed by atoms with Crippen LogP contribution in [0.25, 0.3) is 82.4 Å². The molecule has 3 nitrogen and oxygen atoms in total. The zero-order valence-electron chi connectivity index (χ0n) is 29.2. The molecule has 0 radical (unpaired) electrons. The molecule has 53 heavy (non-hydrogen) atoms. The second-order valence-corrected chi connectivity index (χ2v) is 14.0. The van der Waals surface area contributed by atoms with Gasteiger partial charge in [0.25, 0.3) is 0 Å². The lowest BCUT2D eigenvalue weighted by Gasteiger charge is -2.33. The maximum atomic E-state index is 4.98. The zero-order valence-corrected chi connectivity index (χ0v) is 29.2. The fourth-order valence-corrected chi connectivity index (χ4v) is 8.76. The van der Waals surface area contributed by atoms with Gasteiger partial charge in [-0.1, -0.05) is 140 Å². The van der Waals surface area contributed by atoms with Gasteiger partial charge in [0.05, 0.1) is 28.1 Å². The number of fused-ring (bicyclic) bond motifs is 5. The minimum atomic E-state index is 0.986. The van der Waals surface area contributed by atoms with E-state index < -0.39 is 0 Å². The highest BCUT2D eigenvalue weighted by Crippen LogP contribution is 2.50. The van der Waals surface area contributed by atoms with Crippen molar-refractivity contribution >= 4 is 60.4 Å². The normalized spacial score (nSPS) is 12.2. The van der Waals surface area contributed by atoms with Crippen LogP contribution in [0.3, 0.4) is 0 Å². The van der Waals surface area contributed by atoms with Crippen LogP contribution in [0.5, 0.6) is 0 Å². The lowest BCUT2D eigenvalue weighted by molar-refractivity contribution is 0.982. The van der Waals surface area contributed by atoms with Crippen LogP contribution >= 0.6 is 0 Å². The SMILES string of the molecule is Cc1nc2cccc3c2n1-c1ccc(-c2ccc4c(-c5ccccc5)c5ccccc5c(-c5cccc6ccccc56)c4c2)cc1N3c1ccccc1. The molecule has 0 bridgehead atoms. The number of imidazole rings is 1. The topological polar surface area (TPSA) is 21.1 Å². The molecule has 0 amide bonds. The second kappa shape index (κ2) is 11.5. The standard InChI is InChI=1S/C50H33N3/c1-32-51-44-24-13-25-46-50(44)52(32)45-29-27-36(31-47(45)53(46)37-18-6-3-7-19-37)35-26-28-42-43(30-35)49(39-23-12-17-33-14-8-9-20-38(33)39)41-22-11-10-21-40(41)48(42)34-15-4-2-5-16-34/h2-31H,1H3. The first-order valence-electron chi connectivity index (χ1n) is 18.2. The summed E-state index contributed by atoms with van der Waals surface area (Å²) in [6, 6.07) is 66.4. The highest BCUT2D eigenvalue weighted by atomic mass is 15.2. The third-order valence-electron chi connectivity index (χ3n) is 11.0. The number of para-hydroxylation sites is 2. The van der Waals surface area contributed by atoms with Crippen molar-refractivity contribution < 1.29 is 0 Å². The Morgan fingerprint density at radius 3 is 1.89 bits per heavy atom. The fraction of sp³-hybridized carbons (Fsp3) is 0.0200. The van der Waals surface area contributed by atoms with E-state index in [4.69, 9.17) is 4.98 Å². The Balaban J connectivity index is 1.21. The number of nitrogens with zero attached hydrogens (tertiary/aromatic N) is 3. The van der Waals surface area contributed by atoms with E-state index in [2.05, 4.69) is 198 Å². The lowest BCUT2D eigenvalue weighted by Crippen LogP contribution is -2.18. The van der Waals surface area contributed by atoms with Crippen LogP contribution in [-0.4, -0.2) is 9.55 Å². The Labute approximate surface area is 307 Å². The molecule has 3 heteroatoms. The van der Waals surface area contributed by atoms with Crippen molar-refractivity contribution in [3.63, 3.8) is 0 Å². The van der Waals surface area contributed by atoms with Crippen LogP contribution in [0.4, 0.5) is 17.1 Å². The molecular formula is C50H33N3. The van der Waals surface area contributed by atoms with Gasteiger partial charge in [-0.25, -0.2) is 4.98 Å². The minimum absolute atomic E-state index is 0.986. The summed E-state index contributed by atoms with van der Waals surface area (Å²) in [5.41, 5.74) is 14.0. The summed E-state index contributed by atoms with van der Waals surface area (Å²) in [5.74, 6) is 0.986. The average Bonchev–Trinajstić information content (AvgIpc) is 3.56. The van der Waals surface area contributed by atoms with E-state index in [1.807, 2.05) is 0 Å². The molecule has 0 atom stereocenters. The number of hydrogen-bond donors (Lipinski definition) is 0. The largest absolute Gasteiger partial charge is 0.306 e. The maximum absolute atomic E-state index is 4.98. The van der Waals surface area contributed by atoms with Gasteiger partial charge in [-0.05, 0) is 115 Å². The van der Waals surface area contributed by atoms with Gasteiger partial charge >= 0.3 is 0 Å². The molecule has 11 rings (SSSR count). The number of aromatic nitrogens is 2. The summed E-state index contributed by atoms with van der Waals surface area (Å²) in [7, 11) is 0. The summed E-state index contributed by atoms with van der Waals surface area (Å²) < 4.78 is 2.32. The van der Waals surface area contributed by atoms with E-state index in [9.17, 15) is 0 Å². The molecular weight excluding hydrogens is 643 g/mol. The highest BCUT2D eigenvalue weighted by Gasteiger charge is 2.28. The predicted molar refractivity (Wildman–Crippen MR) is 223 cm³/mol. The van der Waals surface area contributed by atoms with Gasteiger partial charge in [-0.15, -0.1) is 0 Å². The monoisotopic (exact) mass is 675 g/mol. The first-order valence-corrected chi connectivity index (χ1v) is 18.2. The Bertz CT molecular complexity index is 3060. The van der Waals surface area contributed by atoms with Gasteiger partial charge in [0, 0.05) is 5.69 Å². The smallest absolute Gasteiger partial charge is 0.111 e. The van der Waals surface area contributed by atoms with Crippen molar-refractivity contribution in [3.8, 4) is 39.1 Å². The van der Waals surface area contributed by atoms with E-state index in [-0.39, 0.29) is 0 Å². The van der Waals surface area contributed by atoms with Gasteiger partial charge in [0.2, 0.25) is 0 Å². The van der Waals surface area contributed by atoms with Crippen molar-refractivity contribution in [2.75, 3.05) is 4.90 Å². The van der Waals surface area contributed by atoms with Crippen molar-refractivity contribution in [2.24, 2.45) is 0 Å². The quantitative estimate of drug-likeness (QED) is 0.173. The molecule has 1 aromatic heterocycles. The minimum Gasteiger partial charge on any atom is -0.306 e. The lowest BCUT2D eigenvalue weighted by atomic mass is 9.83. The first-order chi connectivity index (χ1) is 26.2. The van der Waals surface area contributed by atoms with Gasteiger partial charge < -0.3 is 4.90 Å². The predicted octanol–water partition coefficient (Wildman–Crippen LogP) is 13.6. The zero-order chi connectivity index (χ0) is 35.0. The summed E-state index contributed by atoms with van der Waals surface area (Å²) in [5, 5.41) is 7.50. The molecule has 0 saturated heterocycles. The van der Waals surface area contributed by atoms with Gasteiger partial charge in [0.1, 0.15) is 5.82 Å². The fourth-order valence-electron chi connectivity index (χ4n) is 8.76. The van der Waals surface area contributed by atoms with Crippen LogP contribution in [0.2, 0.25) is 0 Å². The first kappa shape index (κ1) is 29.7. The summed E-state index contributed by atoms with van der Waals surface area (Å²) in [6.07, 6.45) is 0. The number of rotatable bonds is 4. The number of aryl methyl sites for hydroxylation is 1. The Kier molecular flexibility index (Phi) is 6.47. The Hall–Kier alpha value is -6.97. The molecule has 248 valence electrons. The molecule has 0 N–H and O–H groups in total. The maximum Gasteiger partial charge on any atom is 0.111 e. The Morgan fingerprint density at radius 1 is 0.415 bits per heavy atom. The summed E-state index contributed by atoms with van der Waals surface area (Å²) in [4.78, 5) is 7.38. The van der Waals surface area contributed by atoms with E-state index in [1.54, 1.807) is 0 Å². The molecule has 9 aromatic carbocycles. The highest BCUT2D eigenvalue weighted by molar-refractivity contribution is 6.24. The molecule has 10 aromatic rings. The second-order valence-electron chi connectivity index (χ2n) is 14.0. The number of anilines is 3. The molecule has 0 aliphatic carbocycles. The van der Waals surface area contributed by atoms with Crippen LogP contribution < -0.4 is 4.90 Å². The molecule has 1 aliphatic rings.